The van der Waals surface area contributed by atoms with Crippen LogP contribution in [-0.2, 0) is 14.3 Å². The Labute approximate surface area is 124 Å². The second-order valence-corrected chi connectivity index (χ2v) is 5.00. The Morgan fingerprint density at radius 1 is 1.24 bits per heavy atom. The number of aliphatic carboxylic acids is 1. The van der Waals surface area contributed by atoms with E-state index in [0.717, 1.165) is 19.3 Å². The highest BCUT2D eigenvalue weighted by atomic mass is 16.5. The van der Waals surface area contributed by atoms with Crippen LogP contribution in [0.25, 0.3) is 0 Å². The number of hydrogen-bond donors (Lipinski definition) is 1. The van der Waals surface area contributed by atoms with Crippen molar-refractivity contribution >= 4 is 18.0 Å². The van der Waals surface area contributed by atoms with Crippen LogP contribution in [0, 0.1) is 0 Å². The number of rotatable bonds is 5. The van der Waals surface area contributed by atoms with E-state index < -0.39 is 24.0 Å². The predicted octanol–water partition coefficient (Wildman–Crippen LogP) is 1.32. The number of amides is 2. The van der Waals surface area contributed by atoms with Gasteiger partial charge in [-0.05, 0) is 26.7 Å². The number of esters is 1. The first-order valence-electron chi connectivity index (χ1n) is 7.45. The maximum atomic E-state index is 12.5. The zero-order valence-corrected chi connectivity index (χ0v) is 12.7. The number of carbonyl (C=O) groups is 3. The van der Waals surface area contributed by atoms with Gasteiger partial charge in [0.25, 0.3) is 0 Å². The zero-order valence-electron chi connectivity index (χ0n) is 12.7. The molecule has 0 aromatic heterocycles. The molecule has 0 spiro atoms. The molecule has 2 amide bonds. The molecule has 7 nitrogen and oxygen atoms in total. The standard InChI is InChI=1S/C14H24N2O5/c1-3-15(10-12(17)21-4-2)14(20)16-9-7-5-6-8-11(16)13(18)19/h11H,3-10H2,1-2H3,(H,18,19). The van der Waals surface area contributed by atoms with Crippen molar-refractivity contribution in [2.75, 3.05) is 26.2 Å². The van der Waals surface area contributed by atoms with E-state index in [1.807, 2.05) is 0 Å². The number of hydrogen-bond acceptors (Lipinski definition) is 4. The van der Waals surface area contributed by atoms with Crippen LogP contribution in [0.15, 0.2) is 0 Å². The molecule has 7 heteroatoms. The minimum atomic E-state index is -0.988. The smallest absolute Gasteiger partial charge is 0.326 e. The van der Waals surface area contributed by atoms with Crippen molar-refractivity contribution in [1.82, 2.24) is 9.80 Å². The zero-order chi connectivity index (χ0) is 15.8. The monoisotopic (exact) mass is 300 g/mol. The van der Waals surface area contributed by atoms with Gasteiger partial charge in [-0.25, -0.2) is 9.59 Å². The topological polar surface area (TPSA) is 87.2 Å². The van der Waals surface area contributed by atoms with Gasteiger partial charge in [-0.1, -0.05) is 12.8 Å². The molecule has 21 heavy (non-hydrogen) atoms. The highest BCUT2D eigenvalue weighted by Gasteiger charge is 2.33. The summed E-state index contributed by atoms with van der Waals surface area (Å²) in [5, 5.41) is 9.30. The number of carboxylic acid groups (broad SMARTS) is 1. The maximum absolute atomic E-state index is 12.5. The number of carboxylic acids is 1. The molecule has 1 atom stereocenters. The fraction of sp³-hybridized carbons (Fsp3) is 0.786. The van der Waals surface area contributed by atoms with Gasteiger partial charge >= 0.3 is 18.0 Å². The molecular weight excluding hydrogens is 276 g/mol. The third kappa shape index (κ3) is 4.91. The van der Waals surface area contributed by atoms with Gasteiger partial charge in [0, 0.05) is 13.1 Å². The SMILES string of the molecule is CCOC(=O)CN(CC)C(=O)N1CCCCCC1C(=O)O. The van der Waals surface area contributed by atoms with Crippen molar-refractivity contribution in [3.05, 3.63) is 0 Å². The number of ether oxygens (including phenoxy) is 1. The average molecular weight is 300 g/mol. The van der Waals surface area contributed by atoms with Gasteiger partial charge < -0.3 is 19.6 Å². The number of likely N-dealkylation sites (N-methyl/N-ethyl adjacent to an activating group) is 1. The number of carbonyl (C=O) groups excluding carboxylic acids is 2. The van der Waals surface area contributed by atoms with E-state index in [2.05, 4.69) is 0 Å². The number of urea groups is 1. The quantitative estimate of drug-likeness (QED) is 0.774. The van der Waals surface area contributed by atoms with Gasteiger partial charge in [0.2, 0.25) is 0 Å². The minimum Gasteiger partial charge on any atom is -0.480 e. The van der Waals surface area contributed by atoms with Crippen molar-refractivity contribution in [1.29, 1.82) is 0 Å². The molecule has 120 valence electrons. The van der Waals surface area contributed by atoms with E-state index >= 15 is 0 Å². The second kappa shape index (κ2) is 8.49. The van der Waals surface area contributed by atoms with E-state index in [4.69, 9.17) is 4.74 Å². The Kier molecular flexibility index (Phi) is 6.98. The van der Waals surface area contributed by atoms with Gasteiger partial charge in [-0.2, -0.15) is 0 Å². The Bertz CT molecular complexity index is 386. The van der Waals surface area contributed by atoms with E-state index in [-0.39, 0.29) is 13.2 Å². The molecule has 0 radical (unpaired) electrons. The van der Waals surface area contributed by atoms with Crippen LogP contribution in [0.1, 0.15) is 39.5 Å². The molecule has 0 aromatic rings. The van der Waals surface area contributed by atoms with Crippen LogP contribution in [0.2, 0.25) is 0 Å². The van der Waals surface area contributed by atoms with Crippen molar-refractivity contribution in [2.45, 2.75) is 45.6 Å². The first kappa shape index (κ1) is 17.3. The summed E-state index contributed by atoms with van der Waals surface area (Å²) in [4.78, 5) is 38.1. The summed E-state index contributed by atoms with van der Waals surface area (Å²) in [5.41, 5.74) is 0. The van der Waals surface area contributed by atoms with Crippen molar-refractivity contribution in [3.63, 3.8) is 0 Å². The predicted molar refractivity (Wildman–Crippen MR) is 75.9 cm³/mol. The lowest BCUT2D eigenvalue weighted by atomic mass is 10.1. The first-order chi connectivity index (χ1) is 10.0. The molecule has 1 N–H and O–H groups in total. The highest BCUT2D eigenvalue weighted by Crippen LogP contribution is 2.18. The van der Waals surface area contributed by atoms with Gasteiger partial charge in [-0.15, -0.1) is 0 Å². The van der Waals surface area contributed by atoms with Gasteiger partial charge in [0.1, 0.15) is 12.6 Å². The number of nitrogens with zero attached hydrogens (tertiary/aromatic N) is 2. The summed E-state index contributed by atoms with van der Waals surface area (Å²) < 4.78 is 4.84. The lowest BCUT2D eigenvalue weighted by Crippen LogP contribution is -2.52. The fourth-order valence-electron chi connectivity index (χ4n) is 2.45. The summed E-state index contributed by atoms with van der Waals surface area (Å²) in [6.07, 6.45) is 2.95. The van der Waals surface area contributed by atoms with Crippen molar-refractivity contribution < 1.29 is 24.2 Å². The molecule has 1 saturated heterocycles. The van der Waals surface area contributed by atoms with Gasteiger partial charge in [-0.3, -0.25) is 4.79 Å². The van der Waals surface area contributed by atoms with Crippen molar-refractivity contribution in [3.8, 4) is 0 Å². The van der Waals surface area contributed by atoms with E-state index in [9.17, 15) is 19.5 Å². The summed E-state index contributed by atoms with van der Waals surface area (Å²) >= 11 is 0. The molecule has 1 aliphatic rings. The van der Waals surface area contributed by atoms with Crippen molar-refractivity contribution in [2.24, 2.45) is 0 Å². The lowest BCUT2D eigenvalue weighted by Gasteiger charge is -2.32. The number of likely N-dealkylation sites (tertiary alicyclic amines) is 1. The van der Waals surface area contributed by atoms with Crippen LogP contribution >= 0.6 is 0 Å². The summed E-state index contributed by atoms with van der Waals surface area (Å²) in [6.45, 7) is 4.31. The Morgan fingerprint density at radius 2 is 1.95 bits per heavy atom. The van der Waals surface area contributed by atoms with E-state index in [1.54, 1.807) is 13.8 Å². The Hall–Kier alpha value is -1.79. The summed E-state index contributed by atoms with van der Waals surface area (Å²) in [5.74, 6) is -1.47. The fourth-order valence-corrected chi connectivity index (χ4v) is 2.45. The molecule has 0 aliphatic carbocycles. The normalized spacial score (nSPS) is 18.8. The summed E-state index contributed by atoms with van der Waals surface area (Å²) in [7, 11) is 0. The van der Waals surface area contributed by atoms with Gasteiger partial charge in [0.15, 0.2) is 0 Å². The van der Waals surface area contributed by atoms with E-state index in [0.29, 0.717) is 19.5 Å². The molecule has 0 bridgehead atoms. The third-order valence-corrected chi connectivity index (χ3v) is 3.56. The third-order valence-electron chi connectivity index (χ3n) is 3.56. The average Bonchev–Trinajstić information content (AvgIpc) is 2.70. The minimum absolute atomic E-state index is 0.147. The molecule has 1 unspecified atom stereocenters. The maximum Gasteiger partial charge on any atom is 0.326 e. The molecular formula is C14H24N2O5. The molecule has 0 saturated carbocycles. The molecule has 1 heterocycles. The Morgan fingerprint density at radius 3 is 2.52 bits per heavy atom. The van der Waals surface area contributed by atoms with E-state index in [1.165, 1.54) is 9.80 Å². The van der Waals surface area contributed by atoms with Crippen LogP contribution in [-0.4, -0.2) is 65.2 Å². The van der Waals surface area contributed by atoms with Crippen LogP contribution in [0.3, 0.4) is 0 Å². The summed E-state index contributed by atoms with van der Waals surface area (Å²) in [6, 6.07) is -1.21. The largest absolute Gasteiger partial charge is 0.480 e. The second-order valence-electron chi connectivity index (χ2n) is 5.00. The lowest BCUT2D eigenvalue weighted by molar-refractivity contribution is -0.144. The Balaban J connectivity index is 2.79. The first-order valence-corrected chi connectivity index (χ1v) is 7.45. The van der Waals surface area contributed by atoms with Gasteiger partial charge in [0.05, 0.1) is 6.61 Å². The molecule has 1 fully saturated rings. The van der Waals surface area contributed by atoms with Crippen LogP contribution in [0.5, 0.6) is 0 Å². The molecule has 1 aliphatic heterocycles. The molecule has 1 rings (SSSR count). The van der Waals surface area contributed by atoms with Crippen LogP contribution in [0.4, 0.5) is 4.79 Å². The highest BCUT2D eigenvalue weighted by molar-refractivity contribution is 5.85. The molecule has 0 aromatic carbocycles. The van der Waals surface area contributed by atoms with Crippen LogP contribution < -0.4 is 0 Å².